The van der Waals surface area contributed by atoms with Gasteiger partial charge in [-0.1, -0.05) is 24.3 Å². The van der Waals surface area contributed by atoms with Crippen LogP contribution in [0.1, 0.15) is 16.7 Å². The molecule has 3 rings (SSSR count). The van der Waals surface area contributed by atoms with Crippen molar-refractivity contribution in [1.29, 1.82) is 5.26 Å². The van der Waals surface area contributed by atoms with Gasteiger partial charge in [-0.2, -0.15) is 5.26 Å². The van der Waals surface area contributed by atoms with E-state index in [1.54, 1.807) is 30.3 Å². The van der Waals surface area contributed by atoms with Crippen LogP contribution in [0, 0.1) is 24.1 Å². The first-order valence-corrected chi connectivity index (χ1v) is 10.8. The van der Waals surface area contributed by atoms with Crippen molar-refractivity contribution >= 4 is 49.5 Å². The Morgan fingerprint density at radius 2 is 1.81 bits per heavy atom. The molecule has 0 unspecified atom stereocenters. The Morgan fingerprint density at radius 1 is 1.13 bits per heavy atom. The first kappa shape index (κ1) is 22.7. The molecule has 0 radical (unpaired) electrons. The summed E-state index contributed by atoms with van der Waals surface area (Å²) >= 11 is 6.93. The summed E-state index contributed by atoms with van der Waals surface area (Å²) in [6.07, 6.45) is 1.50. The highest BCUT2D eigenvalue weighted by atomic mass is 79.9. The number of carbonyl (C=O) groups excluding carboxylic acids is 1. The number of hydrogen-bond acceptors (Lipinski definition) is 3. The maximum atomic E-state index is 13.0. The second-order valence-electron chi connectivity index (χ2n) is 6.72. The summed E-state index contributed by atoms with van der Waals surface area (Å²) < 4.78 is 20.2. The summed E-state index contributed by atoms with van der Waals surface area (Å²) in [4.78, 5) is 12.5. The van der Waals surface area contributed by atoms with E-state index in [0.29, 0.717) is 25.9 Å². The monoisotopic (exact) mass is 542 g/mol. The van der Waals surface area contributed by atoms with Crippen molar-refractivity contribution < 1.29 is 13.9 Å². The van der Waals surface area contributed by atoms with Gasteiger partial charge >= 0.3 is 0 Å². The molecule has 156 valence electrons. The van der Waals surface area contributed by atoms with Crippen LogP contribution in [0.4, 0.5) is 10.1 Å². The van der Waals surface area contributed by atoms with Crippen LogP contribution in [0.2, 0.25) is 0 Å². The SMILES string of the molecule is Cc1cccc(NC(=O)/C(C#N)=C\c2cc(Br)c(OCc3ccc(F)cc3)c(Br)c2)c1. The predicted molar refractivity (Wildman–Crippen MR) is 126 cm³/mol. The van der Waals surface area contributed by atoms with E-state index >= 15 is 0 Å². The van der Waals surface area contributed by atoms with Gasteiger partial charge < -0.3 is 10.1 Å². The van der Waals surface area contributed by atoms with E-state index in [4.69, 9.17) is 4.74 Å². The van der Waals surface area contributed by atoms with Gasteiger partial charge in [0.15, 0.2) is 0 Å². The van der Waals surface area contributed by atoms with E-state index < -0.39 is 5.91 Å². The quantitative estimate of drug-likeness (QED) is 0.275. The lowest BCUT2D eigenvalue weighted by Crippen LogP contribution is -2.13. The van der Waals surface area contributed by atoms with E-state index in [0.717, 1.165) is 11.1 Å². The summed E-state index contributed by atoms with van der Waals surface area (Å²) in [6, 6.07) is 18.9. The topological polar surface area (TPSA) is 62.1 Å². The Morgan fingerprint density at radius 3 is 2.42 bits per heavy atom. The smallest absolute Gasteiger partial charge is 0.266 e. The summed E-state index contributed by atoms with van der Waals surface area (Å²) in [5.74, 6) is -0.233. The minimum Gasteiger partial charge on any atom is -0.487 e. The number of benzene rings is 3. The van der Waals surface area contributed by atoms with Gasteiger partial charge in [0, 0.05) is 5.69 Å². The third-order valence-electron chi connectivity index (χ3n) is 4.27. The van der Waals surface area contributed by atoms with Crippen LogP contribution < -0.4 is 10.1 Å². The molecule has 3 aromatic carbocycles. The fourth-order valence-electron chi connectivity index (χ4n) is 2.77. The van der Waals surface area contributed by atoms with E-state index in [2.05, 4.69) is 37.2 Å². The highest BCUT2D eigenvalue weighted by Gasteiger charge is 2.13. The predicted octanol–water partition coefficient (Wildman–Crippen LogP) is 6.78. The standard InChI is InChI=1S/C24H17Br2FN2O2/c1-15-3-2-4-20(9-15)29-24(30)18(13-28)10-17-11-21(25)23(22(26)12-17)31-14-16-5-7-19(27)8-6-16/h2-12H,14H2,1H3,(H,29,30)/b18-10-. The summed E-state index contributed by atoms with van der Waals surface area (Å²) in [7, 11) is 0. The number of aryl methyl sites for hydroxylation is 1. The van der Waals surface area contributed by atoms with Crippen LogP contribution >= 0.6 is 31.9 Å². The number of nitriles is 1. The maximum absolute atomic E-state index is 13.0. The number of amides is 1. The number of nitrogens with zero attached hydrogens (tertiary/aromatic N) is 1. The van der Waals surface area contributed by atoms with Crippen molar-refractivity contribution in [2.75, 3.05) is 5.32 Å². The average molecular weight is 544 g/mol. The van der Waals surface area contributed by atoms with Crippen molar-refractivity contribution in [1.82, 2.24) is 0 Å². The number of hydrogen-bond donors (Lipinski definition) is 1. The number of rotatable bonds is 6. The lowest BCUT2D eigenvalue weighted by molar-refractivity contribution is -0.112. The molecule has 0 bridgehead atoms. The number of ether oxygens (including phenoxy) is 1. The number of nitrogens with one attached hydrogen (secondary N) is 1. The van der Waals surface area contributed by atoms with Gasteiger partial charge in [-0.15, -0.1) is 0 Å². The number of halogens is 3. The lowest BCUT2D eigenvalue weighted by Gasteiger charge is -2.12. The Hall–Kier alpha value is -2.95. The molecule has 0 aromatic heterocycles. The first-order chi connectivity index (χ1) is 14.9. The molecule has 3 aromatic rings. The van der Waals surface area contributed by atoms with E-state index in [1.807, 2.05) is 31.2 Å². The van der Waals surface area contributed by atoms with E-state index in [1.165, 1.54) is 18.2 Å². The lowest BCUT2D eigenvalue weighted by atomic mass is 10.1. The molecule has 0 saturated carbocycles. The largest absolute Gasteiger partial charge is 0.487 e. The average Bonchev–Trinajstić information content (AvgIpc) is 2.72. The highest BCUT2D eigenvalue weighted by Crippen LogP contribution is 2.36. The van der Waals surface area contributed by atoms with Crippen molar-refractivity contribution in [3.8, 4) is 11.8 Å². The Labute approximate surface area is 196 Å². The Balaban J connectivity index is 1.76. The zero-order valence-electron chi connectivity index (χ0n) is 16.5. The van der Waals surface area contributed by atoms with Gasteiger partial charge in [0.2, 0.25) is 0 Å². The van der Waals surface area contributed by atoms with Crippen molar-refractivity contribution in [3.05, 3.63) is 97.7 Å². The van der Waals surface area contributed by atoms with Crippen LogP contribution in [0.5, 0.6) is 5.75 Å². The fourth-order valence-corrected chi connectivity index (χ4v) is 4.22. The third-order valence-corrected chi connectivity index (χ3v) is 5.45. The van der Waals surface area contributed by atoms with Crippen LogP contribution in [-0.4, -0.2) is 5.91 Å². The molecule has 4 nitrogen and oxygen atoms in total. The molecule has 0 aliphatic heterocycles. The van der Waals surface area contributed by atoms with Crippen LogP contribution in [-0.2, 0) is 11.4 Å². The van der Waals surface area contributed by atoms with Gasteiger partial charge in [-0.3, -0.25) is 4.79 Å². The molecule has 0 atom stereocenters. The highest BCUT2D eigenvalue weighted by molar-refractivity contribution is 9.11. The molecule has 0 spiro atoms. The van der Waals surface area contributed by atoms with E-state index in [-0.39, 0.29) is 18.0 Å². The van der Waals surface area contributed by atoms with Crippen molar-refractivity contribution in [3.63, 3.8) is 0 Å². The molecular formula is C24H17Br2FN2O2. The second kappa shape index (κ2) is 10.4. The number of anilines is 1. The molecule has 0 fully saturated rings. The van der Waals surface area contributed by atoms with Gasteiger partial charge in [0.05, 0.1) is 8.95 Å². The normalized spacial score (nSPS) is 11.0. The van der Waals surface area contributed by atoms with Gasteiger partial charge in [0.25, 0.3) is 5.91 Å². The Kier molecular flexibility index (Phi) is 7.61. The molecular weight excluding hydrogens is 527 g/mol. The zero-order chi connectivity index (χ0) is 22.4. The molecule has 31 heavy (non-hydrogen) atoms. The molecule has 0 aliphatic rings. The first-order valence-electron chi connectivity index (χ1n) is 9.22. The molecule has 0 saturated heterocycles. The maximum Gasteiger partial charge on any atom is 0.266 e. The fraction of sp³-hybridized carbons (Fsp3) is 0.0833. The van der Waals surface area contributed by atoms with Crippen LogP contribution in [0.3, 0.4) is 0 Å². The van der Waals surface area contributed by atoms with E-state index in [9.17, 15) is 14.4 Å². The van der Waals surface area contributed by atoms with Crippen molar-refractivity contribution in [2.45, 2.75) is 13.5 Å². The summed E-state index contributed by atoms with van der Waals surface area (Å²) in [6.45, 7) is 2.18. The summed E-state index contributed by atoms with van der Waals surface area (Å²) in [5.41, 5.74) is 3.07. The van der Waals surface area contributed by atoms with Crippen LogP contribution in [0.25, 0.3) is 6.08 Å². The minimum absolute atomic E-state index is 0.0275. The van der Waals surface area contributed by atoms with Gasteiger partial charge in [0.1, 0.15) is 29.8 Å². The zero-order valence-corrected chi connectivity index (χ0v) is 19.6. The minimum atomic E-state index is -0.489. The number of carbonyl (C=O) groups is 1. The Bertz CT molecular complexity index is 1160. The molecule has 0 aliphatic carbocycles. The second-order valence-corrected chi connectivity index (χ2v) is 8.43. The molecule has 7 heteroatoms. The van der Waals surface area contributed by atoms with Gasteiger partial charge in [-0.25, -0.2) is 4.39 Å². The molecule has 1 N–H and O–H groups in total. The molecule has 0 heterocycles. The molecule has 1 amide bonds. The van der Waals surface area contributed by atoms with Crippen molar-refractivity contribution in [2.24, 2.45) is 0 Å². The van der Waals surface area contributed by atoms with Gasteiger partial charge in [-0.05, 0) is 97.9 Å². The van der Waals surface area contributed by atoms with Crippen LogP contribution in [0.15, 0.2) is 75.2 Å². The third kappa shape index (κ3) is 6.27. The summed E-state index contributed by atoms with van der Waals surface area (Å²) in [5, 5.41) is 12.2.